The highest BCUT2D eigenvalue weighted by Crippen LogP contribution is 2.26. The number of anilines is 1. The van der Waals surface area contributed by atoms with E-state index in [9.17, 15) is 28.6 Å². The maximum absolute atomic E-state index is 12.6. The highest BCUT2D eigenvalue weighted by atomic mass is 127. The topological polar surface area (TPSA) is 139 Å². The number of benzene rings is 3. The molecule has 11 heteroatoms. The molecule has 1 amide bonds. The molecule has 166 valence electrons. The van der Waals surface area contributed by atoms with Gasteiger partial charge in [0.2, 0.25) is 0 Å². The number of hydrogen-bond donors (Lipinski definition) is 1. The maximum Gasteiger partial charge on any atom is 0.339 e. The summed E-state index contributed by atoms with van der Waals surface area (Å²) < 4.78 is 31.4. The number of halogens is 1. The van der Waals surface area contributed by atoms with E-state index in [-0.39, 0.29) is 27.5 Å². The number of nitrogens with zero attached hydrogens (tertiary/aromatic N) is 2. The van der Waals surface area contributed by atoms with E-state index in [0.717, 1.165) is 27.8 Å². The summed E-state index contributed by atoms with van der Waals surface area (Å²) in [5.74, 6) is -0.793. The first kappa shape index (κ1) is 23.9. The first-order valence-corrected chi connectivity index (χ1v) is 11.6. The average Bonchev–Trinajstić information content (AvgIpc) is 2.78. The van der Waals surface area contributed by atoms with Crippen molar-refractivity contribution < 1.29 is 22.3 Å². The predicted octanol–water partition coefficient (Wildman–Crippen LogP) is 4.51. The fourth-order valence-corrected chi connectivity index (χ4v) is 4.14. The van der Waals surface area contributed by atoms with E-state index in [1.165, 1.54) is 24.3 Å². The molecule has 9 nitrogen and oxygen atoms in total. The molecule has 0 unspecified atom stereocenters. The standard InChI is InChI=1S/C22H14IN3O6S/c23-17-5-3-6-18(13-17)25-22(27)16(14-24)12-15-4-1-2-7-21(15)32-33(30,31)20-10-8-19(9-11-20)26(28)29/h1-13H,(H,25,27)/b16-12+. The molecule has 0 atom stereocenters. The Labute approximate surface area is 202 Å². The Morgan fingerprint density at radius 2 is 1.79 bits per heavy atom. The number of amides is 1. The van der Waals surface area contributed by atoms with Crippen molar-refractivity contribution in [1.29, 1.82) is 5.26 Å². The second kappa shape index (κ2) is 10.2. The molecular weight excluding hydrogens is 561 g/mol. The molecular formula is C22H14IN3O6S. The summed E-state index contributed by atoms with van der Waals surface area (Å²) >= 11 is 2.09. The van der Waals surface area contributed by atoms with Gasteiger partial charge in [-0.2, -0.15) is 13.7 Å². The third-order valence-corrected chi connectivity index (χ3v) is 6.12. The molecule has 0 bridgehead atoms. The molecule has 3 rings (SSSR count). The third kappa shape index (κ3) is 6.15. The molecule has 3 aromatic rings. The molecule has 0 spiro atoms. The summed E-state index contributed by atoms with van der Waals surface area (Å²) in [6, 6.07) is 19.0. The van der Waals surface area contributed by atoms with E-state index in [2.05, 4.69) is 27.9 Å². The number of carbonyl (C=O) groups excluding carboxylic acids is 1. The van der Waals surface area contributed by atoms with E-state index in [1.807, 2.05) is 6.07 Å². The van der Waals surface area contributed by atoms with Crippen LogP contribution >= 0.6 is 22.6 Å². The van der Waals surface area contributed by atoms with Crippen molar-refractivity contribution in [3.63, 3.8) is 0 Å². The Bertz CT molecular complexity index is 1400. The van der Waals surface area contributed by atoms with E-state index < -0.39 is 20.9 Å². The second-order valence-electron chi connectivity index (χ2n) is 6.46. The zero-order chi connectivity index (χ0) is 24.0. The lowest BCUT2D eigenvalue weighted by molar-refractivity contribution is -0.384. The molecule has 0 heterocycles. The minimum absolute atomic E-state index is 0.120. The Morgan fingerprint density at radius 1 is 1.09 bits per heavy atom. The molecule has 0 aliphatic rings. The number of nitrogens with one attached hydrogen (secondary N) is 1. The highest BCUT2D eigenvalue weighted by molar-refractivity contribution is 14.1. The van der Waals surface area contributed by atoms with Crippen molar-refractivity contribution >= 4 is 56.1 Å². The van der Waals surface area contributed by atoms with Gasteiger partial charge in [-0.1, -0.05) is 24.3 Å². The van der Waals surface area contributed by atoms with Crippen molar-refractivity contribution in [3.8, 4) is 11.8 Å². The van der Waals surface area contributed by atoms with Gasteiger partial charge in [0, 0.05) is 27.0 Å². The van der Waals surface area contributed by atoms with Gasteiger partial charge >= 0.3 is 10.1 Å². The minimum Gasteiger partial charge on any atom is -0.378 e. The van der Waals surface area contributed by atoms with Crippen molar-refractivity contribution in [1.82, 2.24) is 0 Å². The lowest BCUT2D eigenvalue weighted by Crippen LogP contribution is -2.14. The second-order valence-corrected chi connectivity index (χ2v) is 9.25. The van der Waals surface area contributed by atoms with Crippen molar-refractivity contribution in [3.05, 3.63) is 97.6 Å². The number of nitro groups is 1. The first-order valence-electron chi connectivity index (χ1n) is 9.16. The number of non-ortho nitro benzene ring substituents is 1. The van der Waals surface area contributed by atoms with Crippen LogP contribution in [0.3, 0.4) is 0 Å². The van der Waals surface area contributed by atoms with Crippen LogP contribution in [0.15, 0.2) is 83.3 Å². The van der Waals surface area contributed by atoms with Gasteiger partial charge in [0.25, 0.3) is 11.6 Å². The van der Waals surface area contributed by atoms with Gasteiger partial charge in [-0.15, -0.1) is 0 Å². The lowest BCUT2D eigenvalue weighted by Gasteiger charge is -2.10. The molecule has 1 N–H and O–H groups in total. The van der Waals surface area contributed by atoms with E-state index >= 15 is 0 Å². The fourth-order valence-electron chi connectivity index (χ4n) is 2.65. The zero-order valence-corrected chi connectivity index (χ0v) is 19.6. The largest absolute Gasteiger partial charge is 0.378 e. The van der Waals surface area contributed by atoms with E-state index in [1.54, 1.807) is 30.3 Å². The van der Waals surface area contributed by atoms with Gasteiger partial charge in [0.1, 0.15) is 22.3 Å². The van der Waals surface area contributed by atoms with E-state index in [0.29, 0.717) is 5.69 Å². The van der Waals surface area contributed by atoms with E-state index in [4.69, 9.17) is 4.18 Å². The molecule has 0 aliphatic carbocycles. The Hall–Kier alpha value is -3.76. The Balaban J connectivity index is 1.88. The predicted molar refractivity (Wildman–Crippen MR) is 129 cm³/mol. The zero-order valence-electron chi connectivity index (χ0n) is 16.6. The van der Waals surface area contributed by atoms with Crippen LogP contribution in [0.4, 0.5) is 11.4 Å². The third-order valence-electron chi connectivity index (χ3n) is 4.20. The summed E-state index contributed by atoms with van der Waals surface area (Å²) in [5.41, 5.74) is 0.142. The number of para-hydroxylation sites is 1. The monoisotopic (exact) mass is 575 g/mol. The van der Waals surface area contributed by atoms with Crippen LogP contribution in [0.25, 0.3) is 6.08 Å². The molecule has 3 aromatic carbocycles. The van der Waals surface area contributed by atoms with Crippen LogP contribution in [0.5, 0.6) is 5.75 Å². The van der Waals surface area contributed by atoms with Crippen LogP contribution in [-0.2, 0) is 14.9 Å². The normalized spacial score (nSPS) is 11.3. The number of carbonyl (C=O) groups is 1. The van der Waals surface area contributed by atoms with Crippen molar-refractivity contribution in [2.75, 3.05) is 5.32 Å². The number of rotatable bonds is 7. The van der Waals surface area contributed by atoms with Gasteiger partial charge < -0.3 is 9.50 Å². The number of hydrogen-bond acceptors (Lipinski definition) is 7. The molecule has 0 aliphatic heterocycles. The first-order chi connectivity index (χ1) is 15.7. The van der Waals surface area contributed by atoms with Crippen LogP contribution in [0.2, 0.25) is 0 Å². The van der Waals surface area contributed by atoms with Crippen molar-refractivity contribution in [2.24, 2.45) is 0 Å². The SMILES string of the molecule is N#C/C(=C\c1ccccc1OS(=O)(=O)c1ccc([N+](=O)[O-])cc1)C(=O)Nc1cccc(I)c1. The van der Waals surface area contributed by atoms with Gasteiger partial charge in [-0.3, -0.25) is 14.9 Å². The summed E-state index contributed by atoms with van der Waals surface area (Å²) in [4.78, 5) is 22.4. The van der Waals surface area contributed by atoms with Gasteiger partial charge in [0.05, 0.1) is 4.92 Å². The van der Waals surface area contributed by atoms with Gasteiger partial charge in [0.15, 0.2) is 0 Å². The van der Waals surface area contributed by atoms with Crippen molar-refractivity contribution in [2.45, 2.75) is 4.90 Å². The highest BCUT2D eigenvalue weighted by Gasteiger charge is 2.20. The molecule has 0 aromatic heterocycles. The van der Waals surface area contributed by atoms with Gasteiger partial charge in [-0.25, -0.2) is 0 Å². The summed E-state index contributed by atoms with van der Waals surface area (Å²) in [5, 5.41) is 22.9. The number of nitro benzene ring substituents is 1. The summed E-state index contributed by atoms with van der Waals surface area (Å²) in [6.45, 7) is 0. The Kier molecular flexibility index (Phi) is 7.41. The molecule has 0 fully saturated rings. The Morgan fingerprint density at radius 3 is 2.42 bits per heavy atom. The summed E-state index contributed by atoms with van der Waals surface area (Å²) in [7, 11) is -4.33. The van der Waals surface area contributed by atoms with Crippen LogP contribution in [0.1, 0.15) is 5.56 Å². The summed E-state index contributed by atoms with van der Waals surface area (Å²) in [6.07, 6.45) is 1.21. The average molecular weight is 575 g/mol. The lowest BCUT2D eigenvalue weighted by atomic mass is 10.1. The molecule has 0 saturated heterocycles. The molecule has 33 heavy (non-hydrogen) atoms. The van der Waals surface area contributed by atoms with Gasteiger partial charge in [-0.05, 0) is 65.1 Å². The van der Waals surface area contributed by atoms with Crippen LogP contribution in [0, 0.1) is 25.0 Å². The molecule has 0 radical (unpaired) electrons. The molecule has 0 saturated carbocycles. The van der Waals surface area contributed by atoms with Crippen LogP contribution in [-0.4, -0.2) is 19.2 Å². The number of nitriles is 1. The fraction of sp³-hybridized carbons (Fsp3) is 0. The quantitative estimate of drug-likeness (QED) is 0.109. The van der Waals surface area contributed by atoms with Crippen LogP contribution < -0.4 is 9.50 Å². The smallest absolute Gasteiger partial charge is 0.339 e. The maximum atomic E-state index is 12.6. The minimum atomic E-state index is -4.33.